The van der Waals surface area contributed by atoms with E-state index in [9.17, 15) is 5.11 Å². The average molecular weight is 269 g/mol. The molecule has 1 heterocycles. The van der Waals surface area contributed by atoms with Gasteiger partial charge in [-0.15, -0.1) is 0 Å². The van der Waals surface area contributed by atoms with Gasteiger partial charge in [-0.2, -0.15) is 0 Å². The fourth-order valence-corrected chi connectivity index (χ4v) is 2.65. The molecule has 1 saturated carbocycles. The number of aromatic nitrogens is 2. The standard InChI is InChI=1S/C16H19N3O/c20-14-8-6-12(7-9-14)15-10-11-17-16(19-15)18-13-4-2-1-3-5-13/h6-11,13,20H,1-5H2,(H,17,18,19). The Morgan fingerprint density at radius 3 is 2.50 bits per heavy atom. The first kappa shape index (κ1) is 12.9. The Bertz CT molecular complexity index is 562. The minimum Gasteiger partial charge on any atom is -0.508 e. The van der Waals surface area contributed by atoms with Crippen LogP contribution in [0.3, 0.4) is 0 Å². The Balaban J connectivity index is 1.76. The molecule has 2 N–H and O–H groups in total. The molecule has 2 aromatic rings. The number of rotatable bonds is 3. The molecule has 0 atom stereocenters. The predicted octanol–water partition coefficient (Wildman–Crippen LogP) is 3.59. The van der Waals surface area contributed by atoms with Gasteiger partial charge in [-0.25, -0.2) is 9.97 Å². The highest BCUT2D eigenvalue weighted by molar-refractivity contribution is 5.60. The van der Waals surface area contributed by atoms with Crippen LogP contribution in [0.5, 0.6) is 5.75 Å². The zero-order valence-electron chi connectivity index (χ0n) is 11.4. The van der Waals surface area contributed by atoms with Gasteiger partial charge >= 0.3 is 0 Å². The molecule has 1 aliphatic rings. The summed E-state index contributed by atoms with van der Waals surface area (Å²) in [5.41, 5.74) is 1.86. The lowest BCUT2D eigenvalue weighted by Gasteiger charge is -2.22. The number of hydrogen-bond acceptors (Lipinski definition) is 4. The third kappa shape index (κ3) is 3.07. The van der Waals surface area contributed by atoms with E-state index in [2.05, 4.69) is 15.3 Å². The summed E-state index contributed by atoms with van der Waals surface area (Å²) >= 11 is 0. The highest BCUT2D eigenvalue weighted by Gasteiger charge is 2.14. The van der Waals surface area contributed by atoms with Crippen LogP contribution in [0.4, 0.5) is 5.95 Å². The van der Waals surface area contributed by atoms with Crippen LogP contribution in [0.25, 0.3) is 11.3 Å². The number of anilines is 1. The molecular weight excluding hydrogens is 250 g/mol. The van der Waals surface area contributed by atoms with Gasteiger partial charge in [0.2, 0.25) is 5.95 Å². The summed E-state index contributed by atoms with van der Waals surface area (Å²) in [6, 6.07) is 9.46. The number of nitrogens with one attached hydrogen (secondary N) is 1. The van der Waals surface area contributed by atoms with Gasteiger partial charge in [0, 0.05) is 17.8 Å². The number of phenolic OH excluding ortho intramolecular Hbond substituents is 1. The quantitative estimate of drug-likeness (QED) is 0.894. The third-order valence-corrected chi connectivity index (χ3v) is 3.76. The highest BCUT2D eigenvalue weighted by Crippen LogP contribution is 2.23. The Labute approximate surface area is 118 Å². The largest absolute Gasteiger partial charge is 0.508 e. The van der Waals surface area contributed by atoms with Crippen molar-refractivity contribution < 1.29 is 5.11 Å². The third-order valence-electron chi connectivity index (χ3n) is 3.76. The lowest BCUT2D eigenvalue weighted by atomic mass is 9.96. The smallest absolute Gasteiger partial charge is 0.223 e. The zero-order valence-corrected chi connectivity index (χ0v) is 11.4. The summed E-state index contributed by atoms with van der Waals surface area (Å²) < 4.78 is 0. The maximum atomic E-state index is 9.33. The molecule has 4 nitrogen and oxygen atoms in total. The van der Waals surface area contributed by atoms with E-state index < -0.39 is 0 Å². The molecule has 0 radical (unpaired) electrons. The van der Waals surface area contributed by atoms with E-state index in [4.69, 9.17) is 0 Å². The van der Waals surface area contributed by atoms with Crippen LogP contribution in [0.15, 0.2) is 36.5 Å². The number of benzene rings is 1. The van der Waals surface area contributed by atoms with Crippen molar-refractivity contribution in [2.24, 2.45) is 0 Å². The molecule has 104 valence electrons. The van der Waals surface area contributed by atoms with Crippen molar-refractivity contribution >= 4 is 5.95 Å². The molecule has 20 heavy (non-hydrogen) atoms. The van der Waals surface area contributed by atoms with Gasteiger partial charge in [0.15, 0.2) is 0 Å². The van der Waals surface area contributed by atoms with E-state index in [0.717, 1.165) is 11.3 Å². The Kier molecular flexibility index (Phi) is 3.81. The molecular formula is C16H19N3O. The topological polar surface area (TPSA) is 58.0 Å². The summed E-state index contributed by atoms with van der Waals surface area (Å²) in [5, 5.41) is 12.8. The molecule has 0 unspecified atom stereocenters. The fourth-order valence-electron chi connectivity index (χ4n) is 2.65. The first-order chi connectivity index (χ1) is 9.81. The molecule has 1 aromatic carbocycles. The SMILES string of the molecule is Oc1ccc(-c2ccnc(NC3CCCCC3)n2)cc1. The summed E-state index contributed by atoms with van der Waals surface area (Å²) in [7, 11) is 0. The number of hydrogen-bond donors (Lipinski definition) is 2. The Morgan fingerprint density at radius 1 is 1.00 bits per heavy atom. The summed E-state index contributed by atoms with van der Waals surface area (Å²) in [6.45, 7) is 0. The summed E-state index contributed by atoms with van der Waals surface area (Å²) in [4.78, 5) is 8.87. The molecule has 3 rings (SSSR count). The van der Waals surface area contributed by atoms with Gasteiger partial charge in [0.25, 0.3) is 0 Å². The van der Waals surface area contributed by atoms with Crippen molar-refractivity contribution in [2.75, 3.05) is 5.32 Å². The van der Waals surface area contributed by atoms with E-state index in [1.54, 1.807) is 18.3 Å². The lowest BCUT2D eigenvalue weighted by molar-refractivity contribution is 0.461. The zero-order chi connectivity index (χ0) is 13.8. The molecule has 1 aliphatic carbocycles. The van der Waals surface area contributed by atoms with Gasteiger partial charge in [-0.3, -0.25) is 0 Å². The first-order valence-electron chi connectivity index (χ1n) is 7.20. The lowest BCUT2D eigenvalue weighted by Crippen LogP contribution is -2.23. The van der Waals surface area contributed by atoms with Gasteiger partial charge in [0.05, 0.1) is 5.69 Å². The fraction of sp³-hybridized carbons (Fsp3) is 0.375. The minimum absolute atomic E-state index is 0.267. The van der Waals surface area contributed by atoms with Crippen molar-refractivity contribution in [2.45, 2.75) is 38.1 Å². The van der Waals surface area contributed by atoms with Crippen LogP contribution in [0, 0.1) is 0 Å². The van der Waals surface area contributed by atoms with E-state index in [-0.39, 0.29) is 5.75 Å². The summed E-state index contributed by atoms with van der Waals surface area (Å²) in [5.74, 6) is 0.964. The van der Waals surface area contributed by atoms with Crippen LogP contribution in [-0.2, 0) is 0 Å². The highest BCUT2D eigenvalue weighted by atomic mass is 16.3. The normalized spacial score (nSPS) is 16.0. The van der Waals surface area contributed by atoms with E-state index in [1.165, 1.54) is 32.1 Å². The molecule has 0 bridgehead atoms. The summed E-state index contributed by atoms with van der Waals surface area (Å²) in [6.07, 6.45) is 8.09. The van der Waals surface area contributed by atoms with E-state index >= 15 is 0 Å². The van der Waals surface area contributed by atoms with Crippen molar-refractivity contribution in [3.8, 4) is 17.0 Å². The second-order valence-corrected chi connectivity index (χ2v) is 5.29. The minimum atomic E-state index is 0.267. The molecule has 0 saturated heterocycles. The van der Waals surface area contributed by atoms with Crippen molar-refractivity contribution in [3.63, 3.8) is 0 Å². The number of phenols is 1. The van der Waals surface area contributed by atoms with Crippen LogP contribution in [-0.4, -0.2) is 21.1 Å². The number of nitrogens with zero attached hydrogens (tertiary/aromatic N) is 2. The maximum absolute atomic E-state index is 9.33. The van der Waals surface area contributed by atoms with Crippen LogP contribution in [0.2, 0.25) is 0 Å². The van der Waals surface area contributed by atoms with Gasteiger partial charge in [0.1, 0.15) is 5.75 Å². The van der Waals surface area contributed by atoms with E-state index in [0.29, 0.717) is 12.0 Å². The maximum Gasteiger partial charge on any atom is 0.223 e. The van der Waals surface area contributed by atoms with Crippen molar-refractivity contribution in [3.05, 3.63) is 36.5 Å². The van der Waals surface area contributed by atoms with Gasteiger partial charge in [-0.1, -0.05) is 19.3 Å². The predicted molar refractivity (Wildman–Crippen MR) is 79.6 cm³/mol. The average Bonchev–Trinajstić information content (AvgIpc) is 2.49. The molecule has 1 fully saturated rings. The molecule has 0 aliphatic heterocycles. The second-order valence-electron chi connectivity index (χ2n) is 5.29. The van der Waals surface area contributed by atoms with Crippen LogP contribution < -0.4 is 5.32 Å². The van der Waals surface area contributed by atoms with E-state index in [1.807, 2.05) is 18.2 Å². The Morgan fingerprint density at radius 2 is 1.75 bits per heavy atom. The molecule has 0 amide bonds. The second kappa shape index (κ2) is 5.90. The molecule has 4 heteroatoms. The molecule has 1 aromatic heterocycles. The van der Waals surface area contributed by atoms with Crippen molar-refractivity contribution in [1.82, 2.24) is 9.97 Å². The number of aromatic hydroxyl groups is 1. The monoisotopic (exact) mass is 269 g/mol. The first-order valence-corrected chi connectivity index (χ1v) is 7.20. The van der Waals surface area contributed by atoms with Crippen LogP contribution >= 0.6 is 0 Å². The molecule has 0 spiro atoms. The Hall–Kier alpha value is -2.10. The van der Waals surface area contributed by atoms with Crippen LogP contribution in [0.1, 0.15) is 32.1 Å². The van der Waals surface area contributed by atoms with Gasteiger partial charge in [-0.05, 0) is 43.2 Å². The van der Waals surface area contributed by atoms with Gasteiger partial charge < -0.3 is 10.4 Å². The van der Waals surface area contributed by atoms with Crippen molar-refractivity contribution in [1.29, 1.82) is 0 Å².